The van der Waals surface area contributed by atoms with E-state index in [4.69, 9.17) is 9.47 Å². The zero-order chi connectivity index (χ0) is 20.8. The van der Waals surface area contributed by atoms with Crippen LogP contribution in [0, 0.1) is 0 Å². The molecule has 1 amide bonds. The molecule has 0 spiro atoms. The quantitative estimate of drug-likeness (QED) is 0.574. The number of nitrogens with zero attached hydrogens (tertiary/aromatic N) is 1. The molecule has 1 aliphatic heterocycles. The van der Waals surface area contributed by atoms with Crippen molar-refractivity contribution < 1.29 is 23.9 Å². The summed E-state index contributed by atoms with van der Waals surface area (Å²) in [5.74, 6) is -1.74. The van der Waals surface area contributed by atoms with Crippen molar-refractivity contribution in [3.63, 3.8) is 0 Å². The van der Waals surface area contributed by atoms with Crippen LogP contribution in [0.2, 0.25) is 0 Å². The molecule has 0 unspecified atom stereocenters. The fraction of sp³-hybridized carbons (Fsp3) is 0.227. The topological polar surface area (TPSA) is 84.9 Å². The summed E-state index contributed by atoms with van der Waals surface area (Å²) in [4.78, 5) is 39.1. The lowest BCUT2D eigenvalue weighted by molar-refractivity contribution is -0.150. The van der Waals surface area contributed by atoms with Crippen LogP contribution in [0.15, 0.2) is 72.1 Å². The average molecular weight is 394 g/mol. The smallest absolute Gasteiger partial charge is 0.348 e. The van der Waals surface area contributed by atoms with Crippen LogP contribution in [0.4, 0.5) is 11.4 Å². The van der Waals surface area contributed by atoms with E-state index in [9.17, 15) is 14.4 Å². The molecule has 1 N–H and O–H groups in total. The Morgan fingerprint density at radius 1 is 1.10 bits per heavy atom. The van der Waals surface area contributed by atoms with E-state index in [0.717, 1.165) is 0 Å². The molecule has 7 nitrogen and oxygen atoms in total. The maximum atomic E-state index is 12.8. The fourth-order valence-electron chi connectivity index (χ4n) is 2.93. The van der Waals surface area contributed by atoms with E-state index in [0.29, 0.717) is 17.9 Å². The maximum absolute atomic E-state index is 12.8. The lowest BCUT2D eigenvalue weighted by Crippen LogP contribution is -2.40. The number of nitrogens with one attached hydrogen (secondary N) is 1. The number of rotatable bonds is 7. The predicted molar refractivity (Wildman–Crippen MR) is 108 cm³/mol. The van der Waals surface area contributed by atoms with Crippen molar-refractivity contribution >= 4 is 29.0 Å². The van der Waals surface area contributed by atoms with Crippen LogP contribution in [0.1, 0.15) is 13.8 Å². The molecule has 7 heteroatoms. The van der Waals surface area contributed by atoms with Gasteiger partial charge in [0.1, 0.15) is 0 Å². The standard InChI is InChI=1S/C22H22N2O5/c1-3-24(17-12-8-5-9-13-17)21(26)15(2)29-22(27)19-18(25)14-28-20(19)23-16-10-6-4-7-11-16/h4-13,15,23H,3,14H2,1-2H3/t15-/m0/s1. The zero-order valence-corrected chi connectivity index (χ0v) is 16.3. The molecule has 1 atom stereocenters. The molecule has 0 bridgehead atoms. The molecule has 0 aliphatic carbocycles. The Bertz CT molecular complexity index is 925. The Morgan fingerprint density at radius 2 is 1.72 bits per heavy atom. The number of anilines is 2. The molecule has 2 aromatic rings. The zero-order valence-electron chi connectivity index (χ0n) is 16.3. The van der Waals surface area contributed by atoms with Crippen molar-refractivity contribution in [3.05, 3.63) is 72.1 Å². The van der Waals surface area contributed by atoms with Gasteiger partial charge in [0.2, 0.25) is 11.7 Å². The first kappa shape index (κ1) is 20.1. The van der Waals surface area contributed by atoms with Crippen LogP contribution in [-0.4, -0.2) is 36.9 Å². The molecule has 0 saturated heterocycles. The first-order valence-corrected chi connectivity index (χ1v) is 9.31. The lowest BCUT2D eigenvalue weighted by Gasteiger charge is -2.24. The molecule has 3 rings (SSSR count). The Labute approximate surface area is 168 Å². The average Bonchev–Trinajstić information content (AvgIpc) is 3.10. The van der Waals surface area contributed by atoms with E-state index in [2.05, 4.69) is 5.32 Å². The van der Waals surface area contributed by atoms with Crippen LogP contribution in [0.25, 0.3) is 0 Å². The first-order chi connectivity index (χ1) is 14.0. The van der Waals surface area contributed by atoms with Crippen LogP contribution in [0.5, 0.6) is 0 Å². The van der Waals surface area contributed by atoms with Crippen LogP contribution in [0.3, 0.4) is 0 Å². The van der Waals surface area contributed by atoms with Gasteiger partial charge in [-0.1, -0.05) is 36.4 Å². The number of hydrogen-bond donors (Lipinski definition) is 1. The van der Waals surface area contributed by atoms with Crippen molar-refractivity contribution in [1.82, 2.24) is 0 Å². The summed E-state index contributed by atoms with van der Waals surface area (Å²) in [7, 11) is 0. The van der Waals surface area contributed by atoms with E-state index < -0.39 is 17.9 Å². The van der Waals surface area contributed by atoms with Crippen molar-refractivity contribution in [3.8, 4) is 0 Å². The van der Waals surface area contributed by atoms with Gasteiger partial charge in [-0.25, -0.2) is 4.79 Å². The Kier molecular flexibility index (Phi) is 6.29. The second-order valence-electron chi connectivity index (χ2n) is 6.37. The SMILES string of the molecule is CCN(C(=O)[C@H](C)OC(=O)C1=C(Nc2ccccc2)OCC1=O)c1ccccc1. The fourth-order valence-corrected chi connectivity index (χ4v) is 2.93. The third-order valence-corrected chi connectivity index (χ3v) is 4.37. The molecule has 1 aliphatic rings. The molecule has 0 fully saturated rings. The van der Waals surface area contributed by atoms with Gasteiger partial charge in [0, 0.05) is 17.9 Å². The number of carbonyl (C=O) groups is 3. The van der Waals surface area contributed by atoms with E-state index in [1.165, 1.54) is 11.8 Å². The molecule has 0 aromatic heterocycles. The van der Waals surface area contributed by atoms with Crippen molar-refractivity contribution in [2.24, 2.45) is 0 Å². The minimum absolute atomic E-state index is 0.0289. The summed E-state index contributed by atoms with van der Waals surface area (Å²) in [5, 5.41) is 2.90. The second-order valence-corrected chi connectivity index (χ2v) is 6.37. The van der Waals surface area contributed by atoms with E-state index in [1.807, 2.05) is 31.2 Å². The summed E-state index contributed by atoms with van der Waals surface area (Å²) in [5.41, 5.74) is 1.14. The Balaban J connectivity index is 1.74. The molecule has 0 saturated carbocycles. The van der Waals surface area contributed by atoms with Crippen LogP contribution in [-0.2, 0) is 23.9 Å². The largest absolute Gasteiger partial charge is 0.470 e. The van der Waals surface area contributed by atoms with Gasteiger partial charge in [0.15, 0.2) is 18.3 Å². The normalized spacial score (nSPS) is 14.2. The molecular weight excluding hydrogens is 372 g/mol. The Morgan fingerprint density at radius 3 is 2.34 bits per heavy atom. The van der Waals surface area contributed by atoms with Crippen molar-refractivity contribution in [2.45, 2.75) is 20.0 Å². The number of hydrogen-bond acceptors (Lipinski definition) is 6. The molecular formula is C22H22N2O5. The minimum Gasteiger partial charge on any atom is -0.470 e. The number of para-hydroxylation sites is 2. The van der Waals surface area contributed by atoms with Gasteiger partial charge in [-0.2, -0.15) is 0 Å². The summed E-state index contributed by atoms with van der Waals surface area (Å²) >= 11 is 0. The van der Waals surface area contributed by atoms with Gasteiger partial charge in [-0.05, 0) is 38.1 Å². The van der Waals surface area contributed by atoms with Crippen molar-refractivity contribution in [1.29, 1.82) is 0 Å². The number of Topliss-reactive ketones (excluding diaryl/α,β-unsaturated/α-hetero) is 1. The van der Waals surface area contributed by atoms with E-state index >= 15 is 0 Å². The van der Waals surface area contributed by atoms with E-state index in [-0.39, 0.29) is 24.0 Å². The van der Waals surface area contributed by atoms with Gasteiger partial charge in [-0.3, -0.25) is 9.59 Å². The number of amides is 1. The van der Waals surface area contributed by atoms with Gasteiger partial charge in [0.05, 0.1) is 0 Å². The number of ether oxygens (including phenoxy) is 2. The number of esters is 1. The third-order valence-electron chi connectivity index (χ3n) is 4.37. The molecule has 29 heavy (non-hydrogen) atoms. The highest BCUT2D eigenvalue weighted by Gasteiger charge is 2.35. The van der Waals surface area contributed by atoms with Crippen molar-refractivity contribution in [2.75, 3.05) is 23.4 Å². The summed E-state index contributed by atoms with van der Waals surface area (Å²) in [6, 6.07) is 18.1. The summed E-state index contributed by atoms with van der Waals surface area (Å²) < 4.78 is 10.6. The van der Waals surface area contributed by atoms with Gasteiger partial charge in [-0.15, -0.1) is 0 Å². The van der Waals surface area contributed by atoms with Crippen LogP contribution >= 0.6 is 0 Å². The minimum atomic E-state index is -1.07. The molecule has 1 heterocycles. The van der Waals surface area contributed by atoms with Gasteiger partial charge >= 0.3 is 5.97 Å². The number of likely N-dealkylation sites (N-methyl/N-ethyl adjacent to an activating group) is 1. The van der Waals surface area contributed by atoms with Crippen LogP contribution < -0.4 is 10.2 Å². The molecule has 2 aromatic carbocycles. The molecule has 0 radical (unpaired) electrons. The number of benzene rings is 2. The Hall–Kier alpha value is -3.61. The second kappa shape index (κ2) is 9.05. The third kappa shape index (κ3) is 4.63. The number of ketones is 1. The highest BCUT2D eigenvalue weighted by Crippen LogP contribution is 2.22. The van der Waals surface area contributed by atoms with Gasteiger partial charge < -0.3 is 19.7 Å². The monoisotopic (exact) mass is 394 g/mol. The highest BCUT2D eigenvalue weighted by molar-refractivity contribution is 6.20. The van der Waals surface area contributed by atoms with E-state index in [1.54, 1.807) is 36.4 Å². The maximum Gasteiger partial charge on any atom is 0.348 e. The first-order valence-electron chi connectivity index (χ1n) is 9.31. The predicted octanol–water partition coefficient (Wildman–Crippen LogP) is 2.89. The molecule has 150 valence electrons. The lowest BCUT2D eigenvalue weighted by atomic mass is 10.2. The summed E-state index contributed by atoms with van der Waals surface area (Å²) in [6.07, 6.45) is -1.07. The van der Waals surface area contributed by atoms with Gasteiger partial charge in [0.25, 0.3) is 5.91 Å². The summed E-state index contributed by atoms with van der Waals surface area (Å²) in [6.45, 7) is 3.47. The number of carbonyl (C=O) groups excluding carboxylic acids is 3. The highest BCUT2D eigenvalue weighted by atomic mass is 16.6.